The zero-order valence-electron chi connectivity index (χ0n) is 11.3. The molecule has 0 heterocycles. The van der Waals surface area contributed by atoms with Crippen LogP contribution >= 0.6 is 12.2 Å². The maximum Gasteiger partial charge on any atom is 0.279 e. The lowest BCUT2D eigenvalue weighted by Crippen LogP contribution is -2.60. The standard InChI is InChI=1S/C11H23N3O2S2/c1-4-9-5-7-11(8-6-9,10(12)17)13-18(15,16)14(2)3/h9,13H,4-8H2,1-3H3,(H2,12,17). The largest absolute Gasteiger partial charge is 0.392 e. The first-order valence-electron chi connectivity index (χ1n) is 6.25. The molecule has 1 rings (SSSR count). The lowest BCUT2D eigenvalue weighted by atomic mass is 9.76. The molecule has 0 aromatic carbocycles. The number of hydrogen-bond donors (Lipinski definition) is 2. The molecule has 18 heavy (non-hydrogen) atoms. The van der Waals surface area contributed by atoms with E-state index in [1.165, 1.54) is 14.1 Å². The predicted octanol–water partition coefficient (Wildman–Crippen LogP) is 1.01. The average Bonchev–Trinajstić information content (AvgIpc) is 2.29. The summed E-state index contributed by atoms with van der Waals surface area (Å²) < 4.78 is 27.8. The van der Waals surface area contributed by atoms with E-state index in [4.69, 9.17) is 18.0 Å². The molecule has 1 aliphatic rings. The minimum Gasteiger partial charge on any atom is -0.392 e. The summed E-state index contributed by atoms with van der Waals surface area (Å²) in [4.78, 5) is 0.252. The average molecular weight is 293 g/mol. The second-order valence-electron chi connectivity index (χ2n) is 5.19. The summed E-state index contributed by atoms with van der Waals surface area (Å²) in [7, 11) is -0.523. The molecule has 1 fully saturated rings. The molecule has 0 aromatic heterocycles. The third-order valence-corrected chi connectivity index (χ3v) is 5.81. The Morgan fingerprint density at radius 3 is 2.28 bits per heavy atom. The van der Waals surface area contributed by atoms with Crippen LogP contribution in [0.4, 0.5) is 0 Å². The van der Waals surface area contributed by atoms with Gasteiger partial charge in [0.25, 0.3) is 10.2 Å². The van der Waals surface area contributed by atoms with Gasteiger partial charge in [-0.3, -0.25) is 0 Å². The summed E-state index contributed by atoms with van der Waals surface area (Å²) >= 11 is 5.09. The predicted molar refractivity (Wildman–Crippen MR) is 77.5 cm³/mol. The molecule has 0 radical (unpaired) electrons. The number of nitrogens with zero attached hydrogens (tertiary/aromatic N) is 1. The van der Waals surface area contributed by atoms with E-state index in [1.807, 2.05) is 0 Å². The number of hydrogen-bond acceptors (Lipinski definition) is 3. The van der Waals surface area contributed by atoms with E-state index < -0.39 is 15.7 Å². The van der Waals surface area contributed by atoms with Gasteiger partial charge in [-0.1, -0.05) is 25.6 Å². The highest BCUT2D eigenvalue weighted by atomic mass is 32.2. The van der Waals surface area contributed by atoms with Gasteiger partial charge in [-0.05, 0) is 31.6 Å². The summed E-state index contributed by atoms with van der Waals surface area (Å²) in [5, 5.41) is 0. The lowest BCUT2D eigenvalue weighted by molar-refractivity contribution is 0.266. The molecule has 0 amide bonds. The molecule has 7 heteroatoms. The molecule has 0 spiro atoms. The van der Waals surface area contributed by atoms with Gasteiger partial charge >= 0.3 is 0 Å². The maximum atomic E-state index is 12.0. The van der Waals surface area contributed by atoms with Crippen LogP contribution in [0.2, 0.25) is 0 Å². The first-order chi connectivity index (χ1) is 8.23. The molecule has 0 unspecified atom stereocenters. The van der Waals surface area contributed by atoms with Crippen molar-refractivity contribution in [3.8, 4) is 0 Å². The van der Waals surface area contributed by atoms with Crippen LogP contribution in [0.3, 0.4) is 0 Å². The van der Waals surface area contributed by atoms with Crippen molar-refractivity contribution in [3.05, 3.63) is 0 Å². The fourth-order valence-electron chi connectivity index (χ4n) is 2.32. The molecule has 0 saturated heterocycles. The Labute approximate surface area is 115 Å². The van der Waals surface area contributed by atoms with Crippen molar-refractivity contribution in [3.63, 3.8) is 0 Å². The van der Waals surface area contributed by atoms with Crippen LogP contribution in [0.5, 0.6) is 0 Å². The molecule has 1 aliphatic carbocycles. The second kappa shape index (κ2) is 5.81. The molecular weight excluding hydrogens is 270 g/mol. The van der Waals surface area contributed by atoms with Gasteiger partial charge in [0.05, 0.1) is 10.5 Å². The summed E-state index contributed by atoms with van der Waals surface area (Å²) in [6.07, 6.45) is 4.42. The molecule has 1 saturated carbocycles. The molecule has 0 aliphatic heterocycles. The van der Waals surface area contributed by atoms with Crippen LogP contribution in [0.25, 0.3) is 0 Å². The van der Waals surface area contributed by atoms with Gasteiger partial charge < -0.3 is 5.73 Å². The van der Waals surface area contributed by atoms with Crippen LogP contribution < -0.4 is 10.5 Å². The van der Waals surface area contributed by atoms with Crippen LogP contribution in [-0.2, 0) is 10.2 Å². The van der Waals surface area contributed by atoms with Crippen molar-refractivity contribution >= 4 is 27.4 Å². The molecule has 5 nitrogen and oxygen atoms in total. The van der Waals surface area contributed by atoms with Gasteiger partial charge in [0.15, 0.2) is 0 Å². The molecule has 0 atom stereocenters. The van der Waals surface area contributed by atoms with Gasteiger partial charge in [-0.15, -0.1) is 0 Å². The molecular formula is C11H23N3O2S2. The number of nitrogens with two attached hydrogens (primary N) is 1. The zero-order chi connectivity index (χ0) is 14.0. The van der Waals surface area contributed by atoms with Gasteiger partial charge in [-0.2, -0.15) is 17.4 Å². The van der Waals surface area contributed by atoms with Crippen LogP contribution in [0.1, 0.15) is 39.0 Å². The summed E-state index contributed by atoms with van der Waals surface area (Å²) in [6.45, 7) is 2.16. The molecule has 0 bridgehead atoms. The maximum absolute atomic E-state index is 12.0. The van der Waals surface area contributed by atoms with Gasteiger partial charge in [0, 0.05) is 14.1 Å². The Balaban J connectivity index is 2.88. The first-order valence-corrected chi connectivity index (χ1v) is 8.09. The quantitative estimate of drug-likeness (QED) is 0.742. The second-order valence-corrected chi connectivity index (χ2v) is 7.51. The molecule has 3 N–H and O–H groups in total. The minimum absolute atomic E-state index is 0.252. The van der Waals surface area contributed by atoms with Gasteiger partial charge in [-0.25, -0.2) is 0 Å². The van der Waals surface area contributed by atoms with Crippen molar-refractivity contribution in [2.75, 3.05) is 14.1 Å². The Morgan fingerprint density at radius 1 is 1.44 bits per heavy atom. The van der Waals surface area contributed by atoms with Gasteiger partial charge in [0.2, 0.25) is 0 Å². The fourth-order valence-corrected chi connectivity index (χ4v) is 3.63. The summed E-state index contributed by atoms with van der Waals surface area (Å²) in [5.74, 6) is 0.649. The molecule has 0 aromatic rings. The first kappa shape index (κ1) is 15.8. The van der Waals surface area contributed by atoms with E-state index in [1.54, 1.807) is 0 Å². The Morgan fingerprint density at radius 2 is 1.94 bits per heavy atom. The van der Waals surface area contributed by atoms with E-state index in [0.717, 1.165) is 23.6 Å². The lowest BCUT2D eigenvalue weighted by Gasteiger charge is -2.40. The Hall–Kier alpha value is -0.240. The smallest absolute Gasteiger partial charge is 0.279 e. The Kier molecular flexibility index (Phi) is 5.11. The van der Waals surface area contributed by atoms with E-state index in [9.17, 15) is 8.42 Å². The van der Waals surface area contributed by atoms with Crippen molar-refractivity contribution in [1.29, 1.82) is 0 Å². The van der Waals surface area contributed by atoms with Gasteiger partial charge in [0.1, 0.15) is 0 Å². The summed E-state index contributed by atoms with van der Waals surface area (Å²) in [5.41, 5.74) is 5.04. The number of rotatable bonds is 5. The van der Waals surface area contributed by atoms with E-state index in [2.05, 4.69) is 11.6 Å². The van der Waals surface area contributed by atoms with Crippen LogP contribution in [0.15, 0.2) is 0 Å². The van der Waals surface area contributed by atoms with Crippen molar-refractivity contribution in [1.82, 2.24) is 9.03 Å². The van der Waals surface area contributed by atoms with E-state index >= 15 is 0 Å². The molecule has 106 valence electrons. The normalized spacial score (nSPS) is 29.4. The fraction of sp³-hybridized carbons (Fsp3) is 0.909. The zero-order valence-corrected chi connectivity index (χ0v) is 12.9. The van der Waals surface area contributed by atoms with Crippen molar-refractivity contribution < 1.29 is 8.42 Å². The highest BCUT2D eigenvalue weighted by Crippen LogP contribution is 2.34. The monoisotopic (exact) mass is 293 g/mol. The Bertz CT molecular complexity index is 399. The van der Waals surface area contributed by atoms with E-state index in [-0.39, 0.29) is 4.99 Å². The van der Waals surface area contributed by atoms with Crippen LogP contribution in [0, 0.1) is 5.92 Å². The number of thiocarbonyl (C=S) groups is 1. The van der Waals surface area contributed by atoms with Crippen LogP contribution in [-0.4, -0.2) is 37.3 Å². The van der Waals surface area contributed by atoms with E-state index in [0.29, 0.717) is 18.8 Å². The number of nitrogens with one attached hydrogen (secondary N) is 1. The minimum atomic E-state index is -3.51. The third kappa shape index (κ3) is 3.40. The van der Waals surface area contributed by atoms with Crippen molar-refractivity contribution in [2.24, 2.45) is 11.7 Å². The third-order valence-electron chi connectivity index (χ3n) is 3.81. The van der Waals surface area contributed by atoms with Crippen molar-refractivity contribution in [2.45, 2.75) is 44.6 Å². The summed E-state index contributed by atoms with van der Waals surface area (Å²) in [6, 6.07) is 0. The topological polar surface area (TPSA) is 75.4 Å². The highest BCUT2D eigenvalue weighted by Gasteiger charge is 2.41. The highest BCUT2D eigenvalue weighted by molar-refractivity contribution is 7.87. The SMILES string of the molecule is CCC1CCC(NS(=O)(=O)N(C)C)(C(N)=S)CC1.